The molecule has 0 aliphatic heterocycles. The molecular formula is C22H26O7. The first-order valence-corrected chi connectivity index (χ1v) is 9.81. The van der Waals surface area contributed by atoms with E-state index >= 15 is 0 Å². The molecule has 156 valence electrons. The maximum absolute atomic E-state index is 13.3. The first-order chi connectivity index (χ1) is 13.5. The lowest BCUT2D eigenvalue weighted by Crippen LogP contribution is -2.56. The van der Waals surface area contributed by atoms with E-state index in [4.69, 9.17) is 0 Å². The van der Waals surface area contributed by atoms with E-state index in [1.54, 1.807) is 6.92 Å². The molecule has 1 saturated carbocycles. The fraction of sp³-hybridized carbons (Fsp3) is 0.545. The van der Waals surface area contributed by atoms with Crippen LogP contribution < -0.4 is 0 Å². The summed E-state index contributed by atoms with van der Waals surface area (Å²) in [6, 6.07) is 0. The fourth-order valence-corrected chi connectivity index (χ4v) is 4.93. The van der Waals surface area contributed by atoms with E-state index in [9.17, 15) is 34.5 Å². The monoisotopic (exact) mass is 402 g/mol. The Morgan fingerprint density at radius 1 is 1.21 bits per heavy atom. The minimum Gasteiger partial charge on any atom is -0.507 e. The molecule has 0 aromatic rings. The van der Waals surface area contributed by atoms with Gasteiger partial charge in [-0.3, -0.25) is 14.4 Å². The predicted octanol–water partition coefficient (Wildman–Crippen LogP) is 1.53. The summed E-state index contributed by atoms with van der Waals surface area (Å²) in [6.45, 7) is 6.67. The molecule has 0 saturated heterocycles. The van der Waals surface area contributed by atoms with Crippen molar-refractivity contribution in [2.45, 2.75) is 58.2 Å². The summed E-state index contributed by atoms with van der Waals surface area (Å²) in [5, 5.41) is 32.0. The number of aliphatic hydroxyl groups is 3. The molecule has 3 N–H and O–H groups in total. The molecule has 3 aliphatic rings. The Labute approximate surface area is 168 Å². The molecule has 0 bridgehead atoms. The average molecular weight is 402 g/mol. The van der Waals surface area contributed by atoms with Gasteiger partial charge in [0.05, 0.1) is 12.0 Å². The van der Waals surface area contributed by atoms with Gasteiger partial charge in [-0.15, -0.1) is 6.58 Å². The highest BCUT2D eigenvalue weighted by Crippen LogP contribution is 2.52. The maximum atomic E-state index is 13.3. The van der Waals surface area contributed by atoms with Crippen LogP contribution in [0.3, 0.4) is 0 Å². The number of aliphatic hydroxyl groups excluding tert-OH is 3. The van der Waals surface area contributed by atoms with Gasteiger partial charge in [0, 0.05) is 34.5 Å². The molecule has 7 heteroatoms. The van der Waals surface area contributed by atoms with Crippen molar-refractivity contribution in [3.05, 3.63) is 35.1 Å². The minimum absolute atomic E-state index is 0.0479. The second kappa shape index (κ2) is 7.46. The molecule has 0 heterocycles. The second-order valence-corrected chi connectivity index (χ2v) is 8.54. The van der Waals surface area contributed by atoms with Gasteiger partial charge in [0.2, 0.25) is 11.6 Å². The first kappa shape index (κ1) is 21.3. The number of rotatable bonds is 5. The summed E-state index contributed by atoms with van der Waals surface area (Å²) in [5.74, 6) is -4.43. The van der Waals surface area contributed by atoms with Crippen molar-refractivity contribution in [1.29, 1.82) is 0 Å². The molecule has 0 aromatic carbocycles. The van der Waals surface area contributed by atoms with Crippen molar-refractivity contribution in [3.63, 3.8) is 0 Å². The van der Waals surface area contributed by atoms with Gasteiger partial charge in [-0.05, 0) is 32.6 Å². The van der Waals surface area contributed by atoms with Crippen molar-refractivity contribution in [3.8, 4) is 0 Å². The van der Waals surface area contributed by atoms with Crippen molar-refractivity contribution < 1.29 is 34.5 Å². The van der Waals surface area contributed by atoms with E-state index in [2.05, 4.69) is 6.58 Å². The summed E-state index contributed by atoms with van der Waals surface area (Å²) in [4.78, 5) is 50.0. The smallest absolute Gasteiger partial charge is 0.233 e. The third-order valence-corrected chi connectivity index (χ3v) is 6.63. The lowest BCUT2D eigenvalue weighted by atomic mass is 9.55. The van der Waals surface area contributed by atoms with E-state index in [0.29, 0.717) is 19.3 Å². The van der Waals surface area contributed by atoms with E-state index in [-0.39, 0.29) is 41.1 Å². The van der Waals surface area contributed by atoms with Crippen LogP contribution in [-0.2, 0) is 19.2 Å². The van der Waals surface area contributed by atoms with Crippen LogP contribution in [0.4, 0.5) is 0 Å². The zero-order valence-corrected chi connectivity index (χ0v) is 16.6. The Balaban J connectivity index is 2.07. The van der Waals surface area contributed by atoms with E-state index < -0.39 is 46.8 Å². The highest BCUT2D eigenvalue weighted by atomic mass is 16.3. The first-order valence-electron chi connectivity index (χ1n) is 9.81. The molecular weight excluding hydrogens is 376 g/mol. The summed E-state index contributed by atoms with van der Waals surface area (Å²) >= 11 is 0. The molecule has 0 aromatic heterocycles. The fourth-order valence-electron chi connectivity index (χ4n) is 4.93. The Kier molecular flexibility index (Phi) is 5.49. The Bertz CT molecular complexity index is 878. The van der Waals surface area contributed by atoms with Crippen LogP contribution in [0.15, 0.2) is 35.1 Å². The van der Waals surface area contributed by atoms with E-state index in [1.807, 2.05) is 0 Å². The summed E-state index contributed by atoms with van der Waals surface area (Å²) in [5.41, 5.74) is -1.24. The number of hydrogen-bond donors (Lipinski definition) is 3. The molecule has 0 radical (unpaired) electrons. The van der Waals surface area contributed by atoms with Gasteiger partial charge < -0.3 is 20.1 Å². The SMILES string of the molecule is C=CCC1=C(O)C2=C(C(=O)C1=O)C1CCC(C)(CCC(C)=O)C(=O)C1C(O)C2O. The van der Waals surface area contributed by atoms with Crippen molar-refractivity contribution >= 4 is 23.1 Å². The van der Waals surface area contributed by atoms with E-state index in [1.165, 1.54) is 13.0 Å². The number of hydrogen-bond acceptors (Lipinski definition) is 7. The number of carbonyl (C=O) groups is 4. The zero-order chi connectivity index (χ0) is 21.7. The molecule has 3 rings (SSSR count). The number of ketones is 4. The Hall–Kier alpha value is -2.38. The van der Waals surface area contributed by atoms with Gasteiger partial charge in [0.15, 0.2) is 0 Å². The molecule has 29 heavy (non-hydrogen) atoms. The number of fused-ring (bicyclic) bond motifs is 2. The summed E-state index contributed by atoms with van der Waals surface area (Å²) < 4.78 is 0. The van der Waals surface area contributed by atoms with Crippen LogP contribution in [0.1, 0.15) is 46.0 Å². The standard InChI is InChI=1S/C22H26O7/c1-4-5-12-16(24)15-13(18(26)17(12)25)11-7-9-22(3,8-6-10(2)23)21(29)14(11)19(27)20(15)28/h4,11,14,19-20,24,27-28H,1,5-9H2,2-3H3. The predicted molar refractivity (Wildman–Crippen MR) is 103 cm³/mol. The number of Topliss-reactive ketones (excluding diaryl/α,β-unsaturated/α-hetero) is 4. The normalized spacial score (nSPS) is 34.8. The van der Waals surface area contributed by atoms with Crippen molar-refractivity contribution in [1.82, 2.24) is 0 Å². The summed E-state index contributed by atoms with van der Waals surface area (Å²) in [6.07, 6.45) is -0.618. The molecule has 1 fully saturated rings. The summed E-state index contributed by atoms with van der Waals surface area (Å²) in [7, 11) is 0. The van der Waals surface area contributed by atoms with Crippen LogP contribution in [0.5, 0.6) is 0 Å². The molecule has 3 aliphatic carbocycles. The maximum Gasteiger partial charge on any atom is 0.233 e. The quantitative estimate of drug-likeness (QED) is 0.361. The molecule has 7 nitrogen and oxygen atoms in total. The Morgan fingerprint density at radius 3 is 2.45 bits per heavy atom. The van der Waals surface area contributed by atoms with Crippen LogP contribution >= 0.6 is 0 Å². The van der Waals surface area contributed by atoms with Crippen LogP contribution in [0, 0.1) is 17.3 Å². The van der Waals surface area contributed by atoms with Crippen LogP contribution in [0.2, 0.25) is 0 Å². The van der Waals surface area contributed by atoms with Gasteiger partial charge in [0.1, 0.15) is 23.4 Å². The van der Waals surface area contributed by atoms with Gasteiger partial charge in [-0.1, -0.05) is 13.0 Å². The van der Waals surface area contributed by atoms with Crippen LogP contribution in [0.25, 0.3) is 0 Å². The number of allylic oxidation sites excluding steroid dienone is 3. The average Bonchev–Trinajstić information content (AvgIpc) is 2.67. The molecule has 5 atom stereocenters. The van der Waals surface area contributed by atoms with Crippen LogP contribution in [-0.4, -0.2) is 50.7 Å². The topological polar surface area (TPSA) is 129 Å². The molecule has 0 spiro atoms. The zero-order valence-electron chi connectivity index (χ0n) is 16.6. The largest absolute Gasteiger partial charge is 0.507 e. The lowest BCUT2D eigenvalue weighted by Gasteiger charge is -2.48. The van der Waals surface area contributed by atoms with Gasteiger partial charge in [-0.25, -0.2) is 0 Å². The lowest BCUT2D eigenvalue weighted by molar-refractivity contribution is -0.149. The third-order valence-electron chi connectivity index (χ3n) is 6.63. The van der Waals surface area contributed by atoms with Crippen molar-refractivity contribution in [2.24, 2.45) is 17.3 Å². The van der Waals surface area contributed by atoms with Gasteiger partial charge >= 0.3 is 0 Å². The minimum atomic E-state index is -1.66. The highest BCUT2D eigenvalue weighted by molar-refractivity contribution is 6.50. The number of carbonyl (C=O) groups excluding carboxylic acids is 4. The van der Waals surface area contributed by atoms with E-state index in [0.717, 1.165) is 0 Å². The molecule has 5 unspecified atom stereocenters. The van der Waals surface area contributed by atoms with Crippen molar-refractivity contribution in [2.75, 3.05) is 0 Å². The Morgan fingerprint density at radius 2 is 1.86 bits per heavy atom. The van der Waals surface area contributed by atoms with Gasteiger partial charge in [0.25, 0.3) is 0 Å². The third kappa shape index (κ3) is 3.22. The highest BCUT2D eigenvalue weighted by Gasteiger charge is 2.57. The van der Waals surface area contributed by atoms with Gasteiger partial charge in [-0.2, -0.15) is 0 Å². The second-order valence-electron chi connectivity index (χ2n) is 8.54. The molecule has 0 amide bonds.